The van der Waals surface area contributed by atoms with Gasteiger partial charge in [0.15, 0.2) is 0 Å². The van der Waals surface area contributed by atoms with E-state index in [0.717, 1.165) is 39.1 Å². The van der Waals surface area contributed by atoms with Gasteiger partial charge in [0.1, 0.15) is 0 Å². The van der Waals surface area contributed by atoms with Gasteiger partial charge in [-0.3, -0.25) is 4.98 Å². The first-order valence-corrected chi connectivity index (χ1v) is 5.61. The number of hydrogen-bond donors (Lipinski definition) is 1. The van der Waals surface area contributed by atoms with Crippen LogP contribution in [0.4, 0.5) is 0 Å². The van der Waals surface area contributed by atoms with Crippen LogP contribution in [0.3, 0.4) is 0 Å². The summed E-state index contributed by atoms with van der Waals surface area (Å²) in [6, 6.07) is 4.08. The van der Waals surface area contributed by atoms with Crippen molar-refractivity contribution >= 4 is 0 Å². The third-order valence-corrected chi connectivity index (χ3v) is 2.16. The van der Waals surface area contributed by atoms with Crippen LogP contribution in [0.5, 0.6) is 0 Å². The summed E-state index contributed by atoms with van der Waals surface area (Å²) in [6.45, 7) is 5.74. The predicted molar refractivity (Wildman–Crippen MR) is 61.9 cm³/mol. The molecule has 0 aliphatic rings. The Morgan fingerprint density at radius 2 is 2.33 bits per heavy atom. The molecule has 1 heterocycles. The molecule has 0 aromatic carbocycles. The number of pyridine rings is 1. The van der Waals surface area contributed by atoms with E-state index in [9.17, 15) is 0 Å². The summed E-state index contributed by atoms with van der Waals surface area (Å²) in [5.74, 6) is 0. The fraction of sp³-hybridized carbons (Fsp3) is 0.583. The molecule has 0 spiro atoms. The van der Waals surface area contributed by atoms with Crippen molar-refractivity contribution in [1.29, 1.82) is 0 Å². The van der Waals surface area contributed by atoms with Crippen LogP contribution in [-0.2, 0) is 11.2 Å². The topological polar surface area (TPSA) is 34.1 Å². The maximum atomic E-state index is 5.25. The molecule has 1 rings (SSSR count). The molecule has 1 N–H and O–H groups in total. The van der Waals surface area contributed by atoms with Gasteiger partial charge in [0, 0.05) is 25.6 Å². The van der Waals surface area contributed by atoms with Gasteiger partial charge in [-0.1, -0.05) is 6.07 Å². The average molecular weight is 208 g/mol. The lowest BCUT2D eigenvalue weighted by Gasteiger charge is -2.04. The lowest BCUT2D eigenvalue weighted by molar-refractivity contribution is 0.145. The van der Waals surface area contributed by atoms with E-state index in [0.29, 0.717) is 0 Å². The Kier molecular flexibility index (Phi) is 6.79. The summed E-state index contributed by atoms with van der Waals surface area (Å²) in [7, 11) is 0. The fourth-order valence-corrected chi connectivity index (χ4v) is 1.35. The predicted octanol–water partition coefficient (Wildman–Crippen LogP) is 1.64. The lowest BCUT2D eigenvalue weighted by Crippen LogP contribution is -2.19. The fourth-order valence-electron chi connectivity index (χ4n) is 1.35. The van der Waals surface area contributed by atoms with Gasteiger partial charge in [0.25, 0.3) is 0 Å². The molecule has 3 nitrogen and oxygen atoms in total. The third kappa shape index (κ3) is 6.20. The van der Waals surface area contributed by atoms with Crippen LogP contribution in [0.25, 0.3) is 0 Å². The van der Waals surface area contributed by atoms with E-state index >= 15 is 0 Å². The molecule has 0 radical (unpaired) electrons. The normalized spacial score (nSPS) is 10.5. The molecule has 84 valence electrons. The highest BCUT2D eigenvalue weighted by Crippen LogP contribution is 1.95. The van der Waals surface area contributed by atoms with Crippen LogP contribution >= 0.6 is 0 Å². The van der Waals surface area contributed by atoms with E-state index in [1.165, 1.54) is 5.56 Å². The quantitative estimate of drug-likeness (QED) is 0.659. The van der Waals surface area contributed by atoms with E-state index in [4.69, 9.17) is 4.74 Å². The van der Waals surface area contributed by atoms with Gasteiger partial charge >= 0.3 is 0 Å². The van der Waals surface area contributed by atoms with Gasteiger partial charge in [-0.2, -0.15) is 0 Å². The van der Waals surface area contributed by atoms with Crippen molar-refractivity contribution in [2.24, 2.45) is 0 Å². The largest absolute Gasteiger partial charge is 0.382 e. The zero-order chi connectivity index (χ0) is 10.8. The Morgan fingerprint density at radius 3 is 3.07 bits per heavy atom. The van der Waals surface area contributed by atoms with E-state index in [1.54, 1.807) is 6.20 Å². The second kappa shape index (κ2) is 8.38. The Balaban J connectivity index is 1.93. The first kappa shape index (κ1) is 12.1. The van der Waals surface area contributed by atoms with Gasteiger partial charge < -0.3 is 10.1 Å². The maximum Gasteiger partial charge on any atom is 0.0477 e. The van der Waals surface area contributed by atoms with Crippen LogP contribution in [0.15, 0.2) is 24.5 Å². The molecule has 0 saturated carbocycles. The number of rotatable bonds is 8. The smallest absolute Gasteiger partial charge is 0.0477 e. The number of nitrogens with one attached hydrogen (secondary N) is 1. The van der Waals surface area contributed by atoms with Crippen molar-refractivity contribution in [2.45, 2.75) is 19.8 Å². The highest BCUT2D eigenvalue weighted by molar-refractivity contribution is 5.08. The van der Waals surface area contributed by atoms with Gasteiger partial charge in [-0.05, 0) is 44.5 Å². The van der Waals surface area contributed by atoms with Crippen LogP contribution in [0, 0.1) is 0 Å². The average Bonchev–Trinajstić information content (AvgIpc) is 2.29. The van der Waals surface area contributed by atoms with Crippen molar-refractivity contribution < 1.29 is 4.74 Å². The minimum Gasteiger partial charge on any atom is -0.382 e. The van der Waals surface area contributed by atoms with Crippen LogP contribution < -0.4 is 5.32 Å². The molecule has 15 heavy (non-hydrogen) atoms. The number of nitrogens with zero attached hydrogens (tertiary/aromatic N) is 1. The van der Waals surface area contributed by atoms with Gasteiger partial charge in [-0.25, -0.2) is 0 Å². The van der Waals surface area contributed by atoms with Crippen LogP contribution in [-0.4, -0.2) is 31.3 Å². The molecule has 0 bridgehead atoms. The maximum absolute atomic E-state index is 5.25. The Morgan fingerprint density at radius 1 is 1.40 bits per heavy atom. The molecule has 0 aliphatic heterocycles. The molecular formula is C12H20N2O. The molecular weight excluding hydrogens is 188 g/mol. The monoisotopic (exact) mass is 208 g/mol. The van der Waals surface area contributed by atoms with Crippen molar-refractivity contribution in [1.82, 2.24) is 10.3 Å². The van der Waals surface area contributed by atoms with E-state index in [-0.39, 0.29) is 0 Å². The molecule has 0 unspecified atom stereocenters. The first-order chi connectivity index (χ1) is 7.43. The SMILES string of the molecule is CCOCCCNCCc1cccnc1. The van der Waals surface area contributed by atoms with Gasteiger partial charge in [0.05, 0.1) is 0 Å². The summed E-state index contributed by atoms with van der Waals surface area (Å²) in [5, 5.41) is 3.38. The summed E-state index contributed by atoms with van der Waals surface area (Å²) < 4.78 is 5.25. The van der Waals surface area contributed by atoms with Crippen molar-refractivity contribution in [3.05, 3.63) is 30.1 Å². The lowest BCUT2D eigenvalue weighted by atomic mass is 10.2. The standard InChI is InChI=1S/C12H20N2O/c1-2-15-10-4-8-13-9-6-12-5-3-7-14-11-12/h3,5,7,11,13H,2,4,6,8-10H2,1H3. The number of hydrogen-bond acceptors (Lipinski definition) is 3. The zero-order valence-corrected chi connectivity index (χ0v) is 9.41. The van der Waals surface area contributed by atoms with Gasteiger partial charge in [0.2, 0.25) is 0 Å². The minimum absolute atomic E-state index is 0.815. The molecule has 0 atom stereocenters. The first-order valence-electron chi connectivity index (χ1n) is 5.61. The Hall–Kier alpha value is -0.930. The summed E-state index contributed by atoms with van der Waals surface area (Å²) >= 11 is 0. The van der Waals surface area contributed by atoms with E-state index in [2.05, 4.69) is 16.4 Å². The summed E-state index contributed by atoms with van der Waals surface area (Å²) in [6.07, 6.45) is 5.85. The summed E-state index contributed by atoms with van der Waals surface area (Å²) in [4.78, 5) is 4.08. The molecule has 0 saturated heterocycles. The van der Waals surface area contributed by atoms with Crippen molar-refractivity contribution in [3.8, 4) is 0 Å². The van der Waals surface area contributed by atoms with Crippen molar-refractivity contribution in [2.75, 3.05) is 26.3 Å². The van der Waals surface area contributed by atoms with Crippen LogP contribution in [0.2, 0.25) is 0 Å². The Labute approximate surface area is 91.9 Å². The second-order valence-corrected chi connectivity index (χ2v) is 3.41. The summed E-state index contributed by atoms with van der Waals surface area (Å²) in [5.41, 5.74) is 1.29. The zero-order valence-electron chi connectivity index (χ0n) is 9.41. The number of ether oxygens (including phenoxy) is 1. The van der Waals surface area contributed by atoms with E-state index in [1.807, 2.05) is 19.2 Å². The molecule has 1 aromatic heterocycles. The number of aromatic nitrogens is 1. The molecule has 0 aliphatic carbocycles. The van der Waals surface area contributed by atoms with Gasteiger partial charge in [-0.15, -0.1) is 0 Å². The molecule has 3 heteroatoms. The minimum atomic E-state index is 0.815. The highest BCUT2D eigenvalue weighted by Gasteiger charge is 1.92. The van der Waals surface area contributed by atoms with Crippen LogP contribution in [0.1, 0.15) is 18.9 Å². The highest BCUT2D eigenvalue weighted by atomic mass is 16.5. The Bertz CT molecular complexity index is 239. The van der Waals surface area contributed by atoms with E-state index < -0.39 is 0 Å². The third-order valence-electron chi connectivity index (χ3n) is 2.16. The molecule has 1 aromatic rings. The second-order valence-electron chi connectivity index (χ2n) is 3.41. The molecule has 0 fully saturated rings. The van der Waals surface area contributed by atoms with Crippen molar-refractivity contribution in [3.63, 3.8) is 0 Å². The molecule has 0 amide bonds.